The molecule has 1 heterocycles. The van der Waals surface area contributed by atoms with Crippen LogP contribution in [0.1, 0.15) is 39.2 Å². The molecule has 0 spiro atoms. The summed E-state index contributed by atoms with van der Waals surface area (Å²) in [6.45, 7) is 7.39. The normalized spacial score (nSPS) is 21.2. The zero-order chi connectivity index (χ0) is 13.3. The number of carbonyl (C=O) groups excluding carboxylic acids is 1. The molecule has 2 rings (SSSR count). The number of piperidine rings is 1. The quantitative estimate of drug-likeness (QED) is 0.721. The van der Waals surface area contributed by atoms with Crippen LogP contribution in [0.5, 0.6) is 0 Å². The van der Waals surface area contributed by atoms with Crippen molar-refractivity contribution in [2.75, 3.05) is 11.4 Å². The van der Waals surface area contributed by atoms with Gasteiger partial charge in [-0.3, -0.25) is 4.79 Å². The Balaban J connectivity index is 2.42. The molecule has 3 heteroatoms. The third-order valence-electron chi connectivity index (χ3n) is 3.38. The van der Waals surface area contributed by atoms with Crippen LogP contribution in [0.4, 0.5) is 5.69 Å². The number of rotatable bonds is 1. The average Bonchev–Trinajstić information content (AvgIpc) is 2.32. The van der Waals surface area contributed by atoms with Crippen molar-refractivity contribution in [2.24, 2.45) is 0 Å². The fraction of sp³-hybridized carbons (Fsp3) is 0.533. The summed E-state index contributed by atoms with van der Waals surface area (Å²) in [6, 6.07) is 8.24. The molecule has 1 aromatic rings. The highest BCUT2D eigenvalue weighted by Crippen LogP contribution is 2.34. The zero-order valence-corrected chi connectivity index (χ0v) is 12.8. The van der Waals surface area contributed by atoms with Gasteiger partial charge >= 0.3 is 0 Å². The molecule has 1 atom stereocenters. The van der Waals surface area contributed by atoms with Crippen molar-refractivity contribution in [3.63, 3.8) is 0 Å². The van der Waals surface area contributed by atoms with E-state index in [1.54, 1.807) is 0 Å². The van der Waals surface area contributed by atoms with E-state index in [9.17, 15) is 4.79 Å². The molecule has 1 aliphatic heterocycles. The molecule has 1 amide bonds. The molecule has 1 aromatic carbocycles. The first kappa shape index (κ1) is 13.6. The van der Waals surface area contributed by atoms with Crippen molar-refractivity contribution in [3.8, 4) is 0 Å². The van der Waals surface area contributed by atoms with Gasteiger partial charge in [-0.1, -0.05) is 54.9 Å². The lowest BCUT2D eigenvalue weighted by Crippen LogP contribution is -2.42. The molecule has 0 saturated carbocycles. The Labute approximate surface area is 117 Å². The monoisotopic (exact) mass is 309 g/mol. The van der Waals surface area contributed by atoms with Crippen molar-refractivity contribution in [1.82, 2.24) is 0 Å². The Bertz CT molecular complexity index is 450. The van der Waals surface area contributed by atoms with Crippen molar-refractivity contribution in [2.45, 2.75) is 43.9 Å². The highest BCUT2D eigenvalue weighted by atomic mass is 79.9. The molecule has 2 nitrogen and oxygen atoms in total. The molecule has 1 aliphatic rings. The number of para-hydroxylation sites is 1. The molecule has 1 fully saturated rings. The molecular formula is C15H20BrNO. The summed E-state index contributed by atoms with van der Waals surface area (Å²) in [4.78, 5) is 14.2. The fourth-order valence-corrected chi connectivity index (χ4v) is 2.98. The molecule has 98 valence electrons. The van der Waals surface area contributed by atoms with E-state index in [1.165, 1.54) is 5.56 Å². The predicted octanol–water partition coefficient (Wildman–Crippen LogP) is 3.87. The van der Waals surface area contributed by atoms with E-state index in [1.807, 2.05) is 17.0 Å². The van der Waals surface area contributed by atoms with Gasteiger partial charge in [0.15, 0.2) is 0 Å². The summed E-state index contributed by atoms with van der Waals surface area (Å²) in [5.74, 6) is 0.193. The number of hydrogen-bond acceptors (Lipinski definition) is 1. The molecule has 0 radical (unpaired) electrons. The Morgan fingerprint density at radius 1 is 1.28 bits per heavy atom. The number of benzene rings is 1. The van der Waals surface area contributed by atoms with Gasteiger partial charge < -0.3 is 4.90 Å². The summed E-state index contributed by atoms with van der Waals surface area (Å²) >= 11 is 3.48. The Kier molecular flexibility index (Phi) is 3.81. The summed E-state index contributed by atoms with van der Waals surface area (Å²) in [5, 5.41) is 0. The number of anilines is 1. The molecule has 0 aliphatic carbocycles. The molecule has 18 heavy (non-hydrogen) atoms. The Morgan fingerprint density at radius 3 is 2.61 bits per heavy atom. The standard InChI is InChI=1S/C15H20BrNO/c1-15(2,3)11-7-4-5-9-13(11)17-10-6-8-12(16)14(17)18/h4-5,7,9,12H,6,8,10H2,1-3H3. The number of hydrogen-bond donors (Lipinski definition) is 0. The lowest BCUT2D eigenvalue weighted by Gasteiger charge is -2.34. The van der Waals surface area contributed by atoms with E-state index >= 15 is 0 Å². The third kappa shape index (κ3) is 2.61. The van der Waals surface area contributed by atoms with Gasteiger partial charge in [0.1, 0.15) is 0 Å². The molecule has 0 aromatic heterocycles. The van der Waals surface area contributed by atoms with Gasteiger partial charge in [-0.2, -0.15) is 0 Å². The molecular weight excluding hydrogens is 290 g/mol. The van der Waals surface area contributed by atoms with Crippen LogP contribution >= 0.6 is 15.9 Å². The molecule has 1 saturated heterocycles. The van der Waals surface area contributed by atoms with Crippen LogP contribution in [0.15, 0.2) is 24.3 Å². The van der Waals surface area contributed by atoms with Gasteiger partial charge in [0, 0.05) is 12.2 Å². The van der Waals surface area contributed by atoms with Crippen molar-refractivity contribution >= 4 is 27.5 Å². The zero-order valence-electron chi connectivity index (χ0n) is 11.2. The highest BCUT2D eigenvalue weighted by molar-refractivity contribution is 9.10. The van der Waals surface area contributed by atoms with E-state index < -0.39 is 0 Å². The largest absolute Gasteiger partial charge is 0.311 e. The fourth-order valence-electron chi connectivity index (χ4n) is 2.41. The second kappa shape index (κ2) is 5.04. The summed E-state index contributed by atoms with van der Waals surface area (Å²) in [5.41, 5.74) is 2.36. The smallest absolute Gasteiger partial charge is 0.240 e. The van der Waals surface area contributed by atoms with Gasteiger partial charge in [-0.15, -0.1) is 0 Å². The van der Waals surface area contributed by atoms with E-state index in [0.717, 1.165) is 25.1 Å². The van der Waals surface area contributed by atoms with E-state index in [4.69, 9.17) is 0 Å². The lowest BCUT2D eigenvalue weighted by atomic mass is 9.85. The first-order valence-corrected chi connectivity index (χ1v) is 7.38. The van der Waals surface area contributed by atoms with Crippen LogP contribution in [0.25, 0.3) is 0 Å². The van der Waals surface area contributed by atoms with Gasteiger partial charge in [-0.25, -0.2) is 0 Å². The molecule has 0 bridgehead atoms. The van der Waals surface area contributed by atoms with Crippen LogP contribution in [0.3, 0.4) is 0 Å². The van der Waals surface area contributed by atoms with Crippen molar-refractivity contribution in [1.29, 1.82) is 0 Å². The maximum absolute atomic E-state index is 12.3. The van der Waals surface area contributed by atoms with Crippen LogP contribution in [0, 0.1) is 0 Å². The first-order valence-electron chi connectivity index (χ1n) is 6.46. The minimum atomic E-state index is -0.0284. The van der Waals surface area contributed by atoms with Gasteiger partial charge in [-0.05, 0) is 29.9 Å². The highest BCUT2D eigenvalue weighted by Gasteiger charge is 2.30. The maximum atomic E-state index is 12.3. The molecule has 1 unspecified atom stereocenters. The minimum absolute atomic E-state index is 0.0284. The van der Waals surface area contributed by atoms with Crippen LogP contribution < -0.4 is 4.90 Å². The van der Waals surface area contributed by atoms with Gasteiger partial charge in [0.2, 0.25) is 5.91 Å². The third-order valence-corrected chi connectivity index (χ3v) is 4.23. The van der Waals surface area contributed by atoms with Crippen LogP contribution in [-0.4, -0.2) is 17.3 Å². The minimum Gasteiger partial charge on any atom is -0.311 e. The average molecular weight is 310 g/mol. The van der Waals surface area contributed by atoms with Crippen molar-refractivity contribution < 1.29 is 4.79 Å². The predicted molar refractivity (Wildman–Crippen MR) is 79.4 cm³/mol. The van der Waals surface area contributed by atoms with E-state index in [0.29, 0.717) is 0 Å². The van der Waals surface area contributed by atoms with Gasteiger partial charge in [0.05, 0.1) is 4.83 Å². The summed E-state index contributed by atoms with van der Waals surface area (Å²) in [6.07, 6.45) is 1.99. The number of amides is 1. The number of nitrogens with zero attached hydrogens (tertiary/aromatic N) is 1. The van der Waals surface area contributed by atoms with Crippen LogP contribution in [-0.2, 0) is 10.2 Å². The number of halogens is 1. The SMILES string of the molecule is CC(C)(C)c1ccccc1N1CCCC(Br)C1=O. The summed E-state index contributed by atoms with van der Waals surface area (Å²) in [7, 11) is 0. The first-order chi connectivity index (χ1) is 8.41. The lowest BCUT2D eigenvalue weighted by molar-refractivity contribution is -0.118. The van der Waals surface area contributed by atoms with Gasteiger partial charge in [0.25, 0.3) is 0 Å². The summed E-state index contributed by atoms with van der Waals surface area (Å²) < 4.78 is 0. The topological polar surface area (TPSA) is 20.3 Å². The van der Waals surface area contributed by atoms with Crippen molar-refractivity contribution in [3.05, 3.63) is 29.8 Å². The molecule has 0 N–H and O–H groups in total. The van der Waals surface area contributed by atoms with E-state index in [2.05, 4.69) is 48.8 Å². The number of carbonyl (C=O) groups is 1. The second-order valence-corrected chi connectivity index (χ2v) is 6.97. The van der Waals surface area contributed by atoms with E-state index in [-0.39, 0.29) is 16.1 Å². The Morgan fingerprint density at radius 2 is 1.94 bits per heavy atom. The Hall–Kier alpha value is -0.830. The maximum Gasteiger partial charge on any atom is 0.240 e. The number of alkyl halides is 1. The van der Waals surface area contributed by atoms with Crippen LogP contribution in [0.2, 0.25) is 0 Å². The second-order valence-electron chi connectivity index (χ2n) is 5.87.